The summed E-state index contributed by atoms with van der Waals surface area (Å²) in [5.74, 6) is 1.60. The van der Waals surface area contributed by atoms with Crippen LogP contribution in [0.2, 0.25) is 0 Å². The normalized spacial score (nSPS) is 19.5. The largest absolute Gasteiger partial charge is 0.385 e. The number of aromatic nitrogens is 3. The van der Waals surface area contributed by atoms with Crippen LogP contribution in [0.4, 0.5) is 0 Å². The predicted molar refractivity (Wildman–Crippen MR) is 65.5 cm³/mol. The lowest BCUT2D eigenvalue weighted by molar-refractivity contribution is 0.149. The van der Waals surface area contributed by atoms with E-state index in [9.17, 15) is 5.11 Å². The van der Waals surface area contributed by atoms with E-state index in [4.69, 9.17) is 5.73 Å². The maximum atomic E-state index is 10.0. The molecule has 0 bridgehead atoms. The molecule has 1 aromatic rings. The Bertz CT molecular complexity index is 357. The molecule has 1 aromatic heterocycles. The van der Waals surface area contributed by atoms with Gasteiger partial charge in [-0.2, -0.15) is 0 Å². The number of hydrogen-bond acceptors (Lipinski definition) is 4. The van der Waals surface area contributed by atoms with Gasteiger partial charge in [0.15, 0.2) is 5.82 Å². The minimum atomic E-state index is -0.580. The first-order valence-electron chi connectivity index (χ1n) is 6.53. The maximum Gasteiger partial charge on any atom is 0.162 e. The zero-order valence-corrected chi connectivity index (χ0v) is 10.5. The van der Waals surface area contributed by atoms with Crippen molar-refractivity contribution in [3.05, 3.63) is 11.6 Å². The summed E-state index contributed by atoms with van der Waals surface area (Å²) in [7, 11) is 0. The van der Waals surface area contributed by atoms with Crippen LogP contribution in [0.3, 0.4) is 0 Å². The molecule has 0 spiro atoms. The highest BCUT2D eigenvalue weighted by molar-refractivity contribution is 5.01. The number of nitrogens with zero attached hydrogens (tertiary/aromatic N) is 3. The van der Waals surface area contributed by atoms with E-state index < -0.39 is 6.10 Å². The zero-order valence-electron chi connectivity index (χ0n) is 10.5. The topological polar surface area (TPSA) is 77.0 Å². The average molecular weight is 238 g/mol. The minimum Gasteiger partial charge on any atom is -0.385 e. The molecule has 0 radical (unpaired) electrons. The van der Waals surface area contributed by atoms with Crippen molar-refractivity contribution in [3.63, 3.8) is 0 Å². The second-order valence-corrected chi connectivity index (χ2v) is 4.86. The first-order valence-corrected chi connectivity index (χ1v) is 6.53. The van der Waals surface area contributed by atoms with Gasteiger partial charge in [-0.3, -0.25) is 0 Å². The number of aliphatic hydroxyl groups excluding tert-OH is 1. The molecule has 1 saturated carbocycles. The Labute approximate surface area is 102 Å². The van der Waals surface area contributed by atoms with E-state index in [1.807, 2.05) is 6.92 Å². The summed E-state index contributed by atoms with van der Waals surface area (Å²) in [4.78, 5) is 0. The van der Waals surface area contributed by atoms with Crippen LogP contribution in [0.25, 0.3) is 0 Å². The fourth-order valence-corrected chi connectivity index (χ4v) is 2.69. The van der Waals surface area contributed by atoms with E-state index in [-0.39, 0.29) is 0 Å². The van der Waals surface area contributed by atoms with Crippen LogP contribution in [-0.4, -0.2) is 26.4 Å². The molecular formula is C12H22N4O. The Balaban J connectivity index is 2.21. The molecule has 0 saturated heterocycles. The van der Waals surface area contributed by atoms with Crippen molar-refractivity contribution in [1.29, 1.82) is 0 Å². The summed E-state index contributed by atoms with van der Waals surface area (Å²) in [5.41, 5.74) is 5.48. The van der Waals surface area contributed by atoms with Gasteiger partial charge >= 0.3 is 0 Å². The first kappa shape index (κ1) is 12.5. The van der Waals surface area contributed by atoms with Gasteiger partial charge in [-0.05, 0) is 32.7 Å². The summed E-state index contributed by atoms with van der Waals surface area (Å²) in [6.07, 6.45) is 6.14. The molecule has 0 amide bonds. The molecule has 1 unspecified atom stereocenters. The minimum absolute atomic E-state index is 0.459. The van der Waals surface area contributed by atoms with Crippen LogP contribution < -0.4 is 5.73 Å². The Kier molecular flexibility index (Phi) is 4.12. The molecule has 0 aromatic carbocycles. The quantitative estimate of drug-likeness (QED) is 0.832. The molecule has 1 aliphatic carbocycles. The standard InChI is InChI=1S/C12H22N4O/c1-9-14-15-12(11(17)7-8-13)16(9)10-5-3-2-4-6-10/h10-11,17H,2-8,13H2,1H3. The van der Waals surface area contributed by atoms with Gasteiger partial charge in [-0.15, -0.1) is 10.2 Å². The van der Waals surface area contributed by atoms with Gasteiger partial charge in [0.05, 0.1) is 0 Å². The molecule has 5 heteroatoms. The van der Waals surface area contributed by atoms with E-state index in [0.29, 0.717) is 24.8 Å². The summed E-state index contributed by atoms with van der Waals surface area (Å²) in [5, 5.41) is 18.3. The molecule has 5 nitrogen and oxygen atoms in total. The van der Waals surface area contributed by atoms with Crippen molar-refractivity contribution >= 4 is 0 Å². The first-order chi connectivity index (χ1) is 8.24. The molecular weight excluding hydrogens is 216 g/mol. The van der Waals surface area contributed by atoms with Gasteiger partial charge in [-0.25, -0.2) is 0 Å². The van der Waals surface area contributed by atoms with Gasteiger partial charge in [0, 0.05) is 6.04 Å². The lowest BCUT2D eigenvalue weighted by Crippen LogP contribution is -2.20. The third-order valence-corrected chi connectivity index (χ3v) is 3.57. The van der Waals surface area contributed by atoms with Crippen LogP contribution in [0.15, 0.2) is 0 Å². The van der Waals surface area contributed by atoms with Crippen LogP contribution in [0, 0.1) is 6.92 Å². The molecule has 1 atom stereocenters. The lowest BCUT2D eigenvalue weighted by Gasteiger charge is -2.26. The van der Waals surface area contributed by atoms with Crippen molar-refractivity contribution in [1.82, 2.24) is 14.8 Å². The summed E-state index contributed by atoms with van der Waals surface area (Å²) < 4.78 is 2.12. The molecule has 2 rings (SSSR count). The second kappa shape index (κ2) is 5.60. The molecule has 1 heterocycles. The third kappa shape index (κ3) is 2.66. The average Bonchev–Trinajstić information content (AvgIpc) is 2.73. The number of nitrogens with two attached hydrogens (primary N) is 1. The second-order valence-electron chi connectivity index (χ2n) is 4.86. The van der Waals surface area contributed by atoms with Crippen LogP contribution >= 0.6 is 0 Å². The van der Waals surface area contributed by atoms with Gasteiger partial charge in [0.2, 0.25) is 0 Å². The van der Waals surface area contributed by atoms with E-state index in [1.165, 1.54) is 32.1 Å². The lowest BCUT2D eigenvalue weighted by atomic mass is 9.95. The van der Waals surface area contributed by atoms with Crippen molar-refractivity contribution in [2.75, 3.05) is 6.54 Å². The number of rotatable bonds is 4. The van der Waals surface area contributed by atoms with Crippen molar-refractivity contribution in [2.45, 2.75) is 57.6 Å². The van der Waals surface area contributed by atoms with Crippen LogP contribution in [0.1, 0.15) is 62.3 Å². The molecule has 0 aliphatic heterocycles. The highest BCUT2D eigenvalue weighted by atomic mass is 16.3. The smallest absolute Gasteiger partial charge is 0.162 e. The van der Waals surface area contributed by atoms with Gasteiger partial charge in [0.1, 0.15) is 11.9 Å². The maximum absolute atomic E-state index is 10.0. The number of hydrogen-bond donors (Lipinski definition) is 2. The SMILES string of the molecule is Cc1nnc(C(O)CCN)n1C1CCCCC1. The molecule has 17 heavy (non-hydrogen) atoms. The predicted octanol–water partition coefficient (Wildman–Crippen LogP) is 1.47. The van der Waals surface area contributed by atoms with E-state index in [2.05, 4.69) is 14.8 Å². The summed E-state index contributed by atoms with van der Waals surface area (Å²) in [6.45, 7) is 2.43. The van der Waals surface area contributed by atoms with Crippen molar-refractivity contribution in [2.24, 2.45) is 5.73 Å². The van der Waals surface area contributed by atoms with Gasteiger partial charge in [0.25, 0.3) is 0 Å². The summed E-state index contributed by atoms with van der Waals surface area (Å²) >= 11 is 0. The van der Waals surface area contributed by atoms with Crippen LogP contribution in [-0.2, 0) is 0 Å². The molecule has 1 fully saturated rings. The zero-order chi connectivity index (χ0) is 12.3. The van der Waals surface area contributed by atoms with Crippen LogP contribution in [0.5, 0.6) is 0 Å². The Morgan fingerprint density at radius 2 is 2.06 bits per heavy atom. The molecule has 96 valence electrons. The van der Waals surface area contributed by atoms with E-state index >= 15 is 0 Å². The Morgan fingerprint density at radius 1 is 1.35 bits per heavy atom. The Hall–Kier alpha value is -0.940. The highest BCUT2D eigenvalue weighted by Crippen LogP contribution is 2.31. The Morgan fingerprint density at radius 3 is 2.71 bits per heavy atom. The number of aryl methyl sites for hydroxylation is 1. The third-order valence-electron chi connectivity index (χ3n) is 3.57. The monoisotopic (exact) mass is 238 g/mol. The van der Waals surface area contributed by atoms with E-state index in [1.54, 1.807) is 0 Å². The molecule has 3 N–H and O–H groups in total. The highest BCUT2D eigenvalue weighted by Gasteiger charge is 2.24. The number of aliphatic hydroxyl groups is 1. The van der Waals surface area contributed by atoms with Crippen molar-refractivity contribution < 1.29 is 5.11 Å². The van der Waals surface area contributed by atoms with Gasteiger partial charge in [-0.1, -0.05) is 19.3 Å². The molecule has 1 aliphatic rings. The fourth-order valence-electron chi connectivity index (χ4n) is 2.69. The summed E-state index contributed by atoms with van der Waals surface area (Å²) in [6, 6.07) is 0.459. The fraction of sp³-hybridized carbons (Fsp3) is 0.833. The van der Waals surface area contributed by atoms with E-state index in [0.717, 1.165) is 5.82 Å². The van der Waals surface area contributed by atoms with Gasteiger partial charge < -0.3 is 15.4 Å². The van der Waals surface area contributed by atoms with Crippen molar-refractivity contribution in [3.8, 4) is 0 Å².